The van der Waals surface area contributed by atoms with E-state index in [1.165, 1.54) is 12.1 Å². The fraction of sp³-hybridized carbons (Fsp3) is 0.250. The summed E-state index contributed by atoms with van der Waals surface area (Å²) in [6.07, 6.45) is -2.39. The summed E-state index contributed by atoms with van der Waals surface area (Å²) >= 11 is 0. The van der Waals surface area contributed by atoms with E-state index in [0.717, 1.165) is 19.3 Å². The lowest BCUT2D eigenvalue weighted by Gasteiger charge is -2.23. The Morgan fingerprint density at radius 2 is 1.35 bits per heavy atom. The van der Waals surface area contributed by atoms with Crippen LogP contribution >= 0.6 is 0 Å². The van der Waals surface area contributed by atoms with Gasteiger partial charge in [-0.25, -0.2) is 22.0 Å². The molecule has 1 heterocycles. The largest absolute Gasteiger partial charge is 0.465 e. The zero-order valence-corrected chi connectivity index (χ0v) is 17.4. The highest BCUT2D eigenvalue weighted by molar-refractivity contribution is 5.65. The van der Waals surface area contributed by atoms with E-state index < -0.39 is 46.5 Å². The quantitative estimate of drug-likeness (QED) is 0.275. The van der Waals surface area contributed by atoms with Gasteiger partial charge in [0.15, 0.2) is 23.7 Å². The van der Waals surface area contributed by atoms with Crippen molar-refractivity contribution < 1.29 is 44.9 Å². The first-order valence-corrected chi connectivity index (χ1v) is 10.2. The van der Waals surface area contributed by atoms with Crippen LogP contribution in [-0.4, -0.2) is 12.9 Å². The van der Waals surface area contributed by atoms with Crippen LogP contribution in [0, 0.1) is 29.1 Å². The maximum absolute atomic E-state index is 14.6. The van der Waals surface area contributed by atoms with Gasteiger partial charge in [-0.05, 0) is 48.2 Å². The Kier molecular flexibility index (Phi) is 6.70. The van der Waals surface area contributed by atoms with Crippen molar-refractivity contribution in [3.63, 3.8) is 0 Å². The average molecular weight is 486 g/mol. The van der Waals surface area contributed by atoms with Gasteiger partial charge in [-0.3, -0.25) is 0 Å². The molecule has 1 saturated heterocycles. The van der Waals surface area contributed by atoms with E-state index in [1.54, 1.807) is 12.1 Å². The summed E-state index contributed by atoms with van der Waals surface area (Å²) in [4.78, 5) is 0. The summed E-state index contributed by atoms with van der Waals surface area (Å²) in [5.41, 5.74) is -1.50. The van der Waals surface area contributed by atoms with Gasteiger partial charge in [0.05, 0.1) is 6.61 Å². The molecule has 1 fully saturated rings. The molecule has 0 N–H and O–H groups in total. The minimum atomic E-state index is -4.65. The lowest BCUT2D eigenvalue weighted by molar-refractivity contribution is -0.189. The molecule has 0 bridgehead atoms. The van der Waals surface area contributed by atoms with Gasteiger partial charge in [-0.15, -0.1) is 0 Å². The van der Waals surface area contributed by atoms with Crippen LogP contribution in [0.15, 0.2) is 48.5 Å². The Morgan fingerprint density at radius 1 is 0.735 bits per heavy atom. The number of halogens is 7. The minimum Gasteiger partial charge on any atom is -0.465 e. The zero-order valence-electron chi connectivity index (χ0n) is 17.4. The molecule has 3 aromatic carbocycles. The van der Waals surface area contributed by atoms with Gasteiger partial charge < -0.3 is 14.2 Å². The van der Waals surface area contributed by atoms with E-state index in [9.17, 15) is 30.7 Å². The van der Waals surface area contributed by atoms with Crippen molar-refractivity contribution in [3.8, 4) is 22.6 Å². The Bertz CT molecular complexity index is 1130. The Morgan fingerprint density at radius 3 is 1.91 bits per heavy atom. The lowest BCUT2D eigenvalue weighted by atomic mass is 10.0. The molecule has 0 radical (unpaired) electrons. The van der Waals surface area contributed by atoms with Crippen LogP contribution < -0.4 is 9.47 Å². The number of rotatable bonds is 6. The standard InChI is InChI=1S/C24H17F7O3/c25-17-9-14(13-4-6-15(7-5-13)33-21-3-1-2-8-32-21)10-18(26)22(17)24(30,31)34-16-11-19(27)23(29)20(28)12-16/h4-7,9-12,21H,1-3,8H2. The summed E-state index contributed by atoms with van der Waals surface area (Å²) in [6, 6.07) is 7.69. The average Bonchev–Trinajstić information content (AvgIpc) is 2.77. The van der Waals surface area contributed by atoms with Gasteiger partial charge in [0.2, 0.25) is 0 Å². The predicted octanol–water partition coefficient (Wildman–Crippen LogP) is 7.08. The van der Waals surface area contributed by atoms with Crippen molar-refractivity contribution in [2.45, 2.75) is 31.7 Å². The maximum atomic E-state index is 14.6. The van der Waals surface area contributed by atoms with Gasteiger partial charge in [0, 0.05) is 18.6 Å². The third-order valence-corrected chi connectivity index (χ3v) is 5.13. The number of hydrogen-bond donors (Lipinski definition) is 0. The topological polar surface area (TPSA) is 27.7 Å². The summed E-state index contributed by atoms with van der Waals surface area (Å²) in [5.74, 6) is -9.50. The molecule has 0 saturated carbocycles. The fourth-order valence-electron chi connectivity index (χ4n) is 3.49. The molecule has 10 heteroatoms. The van der Waals surface area contributed by atoms with Crippen molar-refractivity contribution in [1.29, 1.82) is 0 Å². The van der Waals surface area contributed by atoms with E-state index in [2.05, 4.69) is 4.74 Å². The molecular weight excluding hydrogens is 469 g/mol. The molecule has 1 aliphatic heterocycles. The molecule has 1 atom stereocenters. The molecule has 0 spiro atoms. The van der Waals surface area contributed by atoms with Gasteiger partial charge in [-0.1, -0.05) is 12.1 Å². The van der Waals surface area contributed by atoms with Gasteiger partial charge in [-0.2, -0.15) is 8.78 Å². The number of ether oxygens (including phenoxy) is 3. The molecule has 180 valence electrons. The normalized spacial score (nSPS) is 16.4. The number of benzene rings is 3. The van der Waals surface area contributed by atoms with Crippen LogP contribution in [0.5, 0.6) is 11.5 Å². The Hall–Kier alpha value is -3.27. The predicted molar refractivity (Wildman–Crippen MR) is 107 cm³/mol. The van der Waals surface area contributed by atoms with Crippen LogP contribution in [-0.2, 0) is 10.8 Å². The van der Waals surface area contributed by atoms with E-state index in [0.29, 0.717) is 30.1 Å². The number of alkyl halides is 2. The second-order valence-corrected chi connectivity index (χ2v) is 7.57. The van der Waals surface area contributed by atoms with Crippen molar-refractivity contribution in [2.24, 2.45) is 0 Å². The Labute approximate surface area is 189 Å². The van der Waals surface area contributed by atoms with Crippen LogP contribution in [0.25, 0.3) is 11.1 Å². The molecular formula is C24H17F7O3. The summed E-state index contributed by atoms with van der Waals surface area (Å²) < 4.78 is 113. The first-order chi connectivity index (χ1) is 16.1. The van der Waals surface area contributed by atoms with Crippen LogP contribution in [0.1, 0.15) is 24.8 Å². The number of hydrogen-bond acceptors (Lipinski definition) is 3. The first kappa shape index (κ1) is 23.9. The molecule has 3 nitrogen and oxygen atoms in total. The zero-order chi connectivity index (χ0) is 24.5. The van der Waals surface area contributed by atoms with E-state index >= 15 is 0 Å². The highest BCUT2D eigenvalue weighted by atomic mass is 19.3. The van der Waals surface area contributed by atoms with E-state index in [4.69, 9.17) is 9.47 Å². The molecule has 0 aliphatic carbocycles. The van der Waals surface area contributed by atoms with E-state index in [-0.39, 0.29) is 24.0 Å². The second-order valence-electron chi connectivity index (χ2n) is 7.57. The minimum absolute atomic E-state index is 0.0473. The molecule has 1 unspecified atom stereocenters. The third-order valence-electron chi connectivity index (χ3n) is 5.13. The van der Waals surface area contributed by atoms with Crippen molar-refractivity contribution in [2.75, 3.05) is 6.61 Å². The molecule has 1 aliphatic rings. The van der Waals surface area contributed by atoms with Crippen LogP contribution in [0.4, 0.5) is 30.7 Å². The summed E-state index contributed by atoms with van der Waals surface area (Å²) in [7, 11) is 0. The second kappa shape index (κ2) is 9.54. The highest BCUT2D eigenvalue weighted by Crippen LogP contribution is 2.38. The SMILES string of the molecule is Fc1cc(OC(F)(F)c2c(F)cc(-c3ccc(OC4CCCCO4)cc3)cc2F)cc(F)c1F. The summed E-state index contributed by atoms with van der Waals surface area (Å²) in [6.45, 7) is 0.590. The van der Waals surface area contributed by atoms with Crippen LogP contribution in [0.2, 0.25) is 0 Å². The monoisotopic (exact) mass is 486 g/mol. The fourth-order valence-corrected chi connectivity index (χ4v) is 3.49. The smallest absolute Gasteiger partial charge is 0.432 e. The lowest BCUT2D eigenvalue weighted by Crippen LogP contribution is -2.25. The molecule has 34 heavy (non-hydrogen) atoms. The van der Waals surface area contributed by atoms with Gasteiger partial charge in [0.1, 0.15) is 28.7 Å². The summed E-state index contributed by atoms with van der Waals surface area (Å²) in [5, 5.41) is 0. The molecule has 4 rings (SSSR count). The molecule has 0 amide bonds. The molecule has 0 aromatic heterocycles. The third kappa shape index (κ3) is 5.11. The Balaban J connectivity index is 1.55. The maximum Gasteiger partial charge on any atom is 0.432 e. The highest BCUT2D eigenvalue weighted by Gasteiger charge is 2.41. The van der Waals surface area contributed by atoms with Crippen molar-refractivity contribution >= 4 is 0 Å². The van der Waals surface area contributed by atoms with Crippen molar-refractivity contribution in [1.82, 2.24) is 0 Å². The van der Waals surface area contributed by atoms with Crippen molar-refractivity contribution in [3.05, 3.63) is 83.2 Å². The van der Waals surface area contributed by atoms with Gasteiger partial charge in [0.25, 0.3) is 0 Å². The van der Waals surface area contributed by atoms with Crippen LogP contribution in [0.3, 0.4) is 0 Å². The first-order valence-electron chi connectivity index (χ1n) is 10.2. The van der Waals surface area contributed by atoms with Gasteiger partial charge >= 0.3 is 6.11 Å². The molecule has 3 aromatic rings. The van der Waals surface area contributed by atoms with E-state index in [1.807, 2.05) is 0 Å².